The molecule has 144 valence electrons. The molecule has 1 N–H and O–H groups in total. The number of carbonyl (C=O) groups is 3. The summed E-state index contributed by atoms with van der Waals surface area (Å²) < 4.78 is 10.1. The number of aliphatic hydroxyl groups is 1. The van der Waals surface area contributed by atoms with Crippen LogP contribution in [0, 0.1) is 0 Å². The molecule has 0 aromatic heterocycles. The Morgan fingerprint density at radius 3 is 2.44 bits per heavy atom. The highest BCUT2D eigenvalue weighted by atomic mass is 16.5. The van der Waals surface area contributed by atoms with Gasteiger partial charge in [-0.25, -0.2) is 9.59 Å². The Labute approximate surface area is 157 Å². The Bertz CT molecular complexity index is 751. The number of ether oxygens (including phenoxy) is 2. The second-order valence-electron chi connectivity index (χ2n) is 6.75. The number of esters is 2. The van der Waals surface area contributed by atoms with E-state index in [2.05, 4.69) is 0 Å². The van der Waals surface area contributed by atoms with E-state index in [1.807, 2.05) is 6.07 Å². The van der Waals surface area contributed by atoms with E-state index in [0.29, 0.717) is 0 Å². The monoisotopic (exact) mass is 373 g/mol. The molecule has 1 aromatic rings. The lowest BCUT2D eigenvalue weighted by molar-refractivity contribution is -0.153. The van der Waals surface area contributed by atoms with E-state index in [9.17, 15) is 19.5 Å². The summed E-state index contributed by atoms with van der Waals surface area (Å²) in [5.74, 6) is -3.10. The van der Waals surface area contributed by atoms with E-state index in [-0.39, 0.29) is 18.2 Å². The van der Waals surface area contributed by atoms with Gasteiger partial charge in [0, 0.05) is 6.04 Å². The predicted molar refractivity (Wildman–Crippen MR) is 95.4 cm³/mol. The molecular weight excluding hydrogens is 350 g/mol. The van der Waals surface area contributed by atoms with Gasteiger partial charge in [0.2, 0.25) is 0 Å². The number of hydrogen-bond acceptors (Lipinski definition) is 6. The van der Waals surface area contributed by atoms with Crippen molar-refractivity contribution in [1.82, 2.24) is 4.90 Å². The third-order valence-electron chi connectivity index (χ3n) is 5.07. The molecule has 2 aliphatic rings. The van der Waals surface area contributed by atoms with Crippen molar-refractivity contribution in [2.24, 2.45) is 0 Å². The highest BCUT2D eigenvalue weighted by Crippen LogP contribution is 2.34. The molecule has 1 aromatic carbocycles. The number of nitrogens with zero attached hydrogens (tertiary/aromatic N) is 1. The molecule has 1 amide bonds. The molecule has 1 heterocycles. The van der Waals surface area contributed by atoms with Crippen molar-refractivity contribution in [1.29, 1.82) is 0 Å². The first-order valence-corrected chi connectivity index (χ1v) is 9.09. The van der Waals surface area contributed by atoms with Crippen molar-refractivity contribution in [3.63, 3.8) is 0 Å². The summed E-state index contributed by atoms with van der Waals surface area (Å²) >= 11 is 0. The molecule has 1 aliphatic heterocycles. The molecule has 0 radical (unpaired) electrons. The number of aliphatic hydroxyl groups excluding tert-OH is 1. The van der Waals surface area contributed by atoms with Gasteiger partial charge < -0.3 is 19.5 Å². The van der Waals surface area contributed by atoms with Crippen LogP contribution in [0.5, 0.6) is 0 Å². The fraction of sp³-hybridized carbons (Fsp3) is 0.450. The minimum atomic E-state index is -1.27. The normalized spacial score (nSPS) is 20.7. The second kappa shape index (κ2) is 8.24. The Hall–Kier alpha value is -2.83. The third kappa shape index (κ3) is 3.82. The van der Waals surface area contributed by atoms with Gasteiger partial charge in [-0.3, -0.25) is 4.79 Å². The molecule has 0 saturated heterocycles. The van der Waals surface area contributed by atoms with Gasteiger partial charge in [-0.05, 0) is 18.4 Å². The summed E-state index contributed by atoms with van der Waals surface area (Å²) in [5.41, 5.74) is 0.419. The van der Waals surface area contributed by atoms with Gasteiger partial charge in [-0.15, -0.1) is 0 Å². The van der Waals surface area contributed by atoms with Crippen LogP contribution >= 0.6 is 0 Å². The summed E-state index contributed by atoms with van der Waals surface area (Å²) in [6.07, 6.45) is 4.36. The number of hydrogen-bond donors (Lipinski definition) is 1. The topological polar surface area (TPSA) is 93.1 Å². The van der Waals surface area contributed by atoms with E-state index >= 15 is 0 Å². The average Bonchev–Trinajstić information content (AvgIpc) is 2.98. The van der Waals surface area contributed by atoms with Crippen LogP contribution in [-0.2, 0) is 30.5 Å². The maximum atomic E-state index is 12.6. The molecule has 1 unspecified atom stereocenters. The lowest BCUT2D eigenvalue weighted by Gasteiger charge is -2.34. The van der Waals surface area contributed by atoms with Crippen molar-refractivity contribution < 1.29 is 29.0 Å². The molecule has 7 nitrogen and oxygen atoms in total. The van der Waals surface area contributed by atoms with Crippen LogP contribution in [-0.4, -0.2) is 47.0 Å². The maximum absolute atomic E-state index is 12.6. The number of carbonyl (C=O) groups excluding carboxylic acids is 3. The van der Waals surface area contributed by atoms with Crippen LogP contribution in [0.4, 0.5) is 0 Å². The summed E-state index contributed by atoms with van der Waals surface area (Å²) in [7, 11) is 1.19. The standard InChI is InChI=1S/C20H23NO6/c1-26-20(25)16-15(19(24)27-12-13-8-4-2-5-9-13)17(22)18(23)21(16)14-10-6-3-7-11-14/h2,4-5,8-9,14,16,22H,3,6-7,10-12H2,1H3. The number of amides is 1. The first kappa shape index (κ1) is 18.9. The van der Waals surface area contributed by atoms with Crippen molar-refractivity contribution in [2.75, 3.05) is 7.11 Å². The highest BCUT2D eigenvalue weighted by Gasteiger charge is 2.50. The van der Waals surface area contributed by atoms with Crippen LogP contribution in [0.3, 0.4) is 0 Å². The summed E-state index contributed by atoms with van der Waals surface area (Å²) in [6.45, 7) is -0.0258. The molecule has 1 atom stereocenters. The minimum Gasteiger partial charge on any atom is -0.503 e. The van der Waals surface area contributed by atoms with E-state index in [1.54, 1.807) is 24.3 Å². The molecule has 1 saturated carbocycles. The lowest BCUT2D eigenvalue weighted by atomic mass is 9.93. The van der Waals surface area contributed by atoms with Gasteiger partial charge in [0.25, 0.3) is 5.91 Å². The van der Waals surface area contributed by atoms with Gasteiger partial charge >= 0.3 is 11.9 Å². The van der Waals surface area contributed by atoms with Crippen molar-refractivity contribution in [3.05, 3.63) is 47.2 Å². The molecule has 0 spiro atoms. The zero-order valence-corrected chi connectivity index (χ0v) is 15.2. The van der Waals surface area contributed by atoms with E-state index in [4.69, 9.17) is 9.47 Å². The fourth-order valence-corrected chi connectivity index (χ4v) is 3.71. The Morgan fingerprint density at radius 2 is 1.81 bits per heavy atom. The largest absolute Gasteiger partial charge is 0.503 e. The summed E-state index contributed by atoms with van der Waals surface area (Å²) in [5, 5.41) is 10.3. The third-order valence-corrected chi connectivity index (χ3v) is 5.07. The van der Waals surface area contributed by atoms with Crippen molar-refractivity contribution >= 4 is 17.8 Å². The van der Waals surface area contributed by atoms with Gasteiger partial charge in [0.05, 0.1) is 7.11 Å². The van der Waals surface area contributed by atoms with Crippen LogP contribution in [0.15, 0.2) is 41.7 Å². The fourth-order valence-electron chi connectivity index (χ4n) is 3.71. The molecular formula is C20H23NO6. The molecule has 27 heavy (non-hydrogen) atoms. The van der Waals surface area contributed by atoms with Crippen LogP contribution < -0.4 is 0 Å². The molecule has 1 aliphatic carbocycles. The van der Waals surface area contributed by atoms with Gasteiger partial charge in [0.1, 0.15) is 12.2 Å². The summed E-state index contributed by atoms with van der Waals surface area (Å²) in [4.78, 5) is 38.9. The smallest absolute Gasteiger partial charge is 0.341 e. The van der Waals surface area contributed by atoms with Crippen LogP contribution in [0.1, 0.15) is 37.7 Å². The van der Waals surface area contributed by atoms with E-state index in [0.717, 1.165) is 37.7 Å². The van der Waals surface area contributed by atoms with Gasteiger partial charge in [0.15, 0.2) is 11.8 Å². The zero-order valence-electron chi connectivity index (χ0n) is 15.2. The quantitative estimate of drug-likeness (QED) is 0.796. The SMILES string of the molecule is COC(=O)C1C(C(=O)OCc2ccccc2)=C(O)C(=O)N1C1CCCCC1. The molecule has 0 bridgehead atoms. The number of rotatable bonds is 5. The molecule has 3 rings (SSSR count). The molecule has 7 heteroatoms. The Morgan fingerprint density at radius 1 is 1.15 bits per heavy atom. The zero-order chi connectivity index (χ0) is 19.4. The van der Waals surface area contributed by atoms with Gasteiger partial charge in [-0.2, -0.15) is 0 Å². The second-order valence-corrected chi connectivity index (χ2v) is 6.75. The van der Waals surface area contributed by atoms with E-state index < -0.39 is 29.6 Å². The van der Waals surface area contributed by atoms with E-state index in [1.165, 1.54) is 12.0 Å². The minimum absolute atomic E-state index is 0.0258. The maximum Gasteiger partial charge on any atom is 0.341 e. The average molecular weight is 373 g/mol. The van der Waals surface area contributed by atoms with Crippen molar-refractivity contribution in [3.8, 4) is 0 Å². The highest BCUT2D eigenvalue weighted by molar-refractivity contribution is 6.11. The van der Waals surface area contributed by atoms with Gasteiger partial charge in [-0.1, -0.05) is 49.6 Å². The lowest BCUT2D eigenvalue weighted by Crippen LogP contribution is -2.49. The van der Waals surface area contributed by atoms with Crippen molar-refractivity contribution in [2.45, 2.75) is 50.8 Å². The summed E-state index contributed by atoms with van der Waals surface area (Å²) in [6, 6.07) is 7.54. The number of benzene rings is 1. The first-order valence-electron chi connectivity index (χ1n) is 9.09. The number of methoxy groups -OCH3 is 1. The first-order chi connectivity index (χ1) is 13.0. The predicted octanol–water partition coefficient (Wildman–Crippen LogP) is 2.26. The van der Waals surface area contributed by atoms with Crippen LogP contribution in [0.25, 0.3) is 0 Å². The molecule has 1 fully saturated rings. The Balaban J connectivity index is 1.83. The van der Waals surface area contributed by atoms with Crippen LogP contribution in [0.2, 0.25) is 0 Å². The Kier molecular flexibility index (Phi) is 5.78.